The summed E-state index contributed by atoms with van der Waals surface area (Å²) in [5.74, 6) is -0.201. The first-order valence-electron chi connectivity index (χ1n) is 7.19. The first kappa shape index (κ1) is 18.9. The number of benzene rings is 1. The van der Waals surface area contributed by atoms with Gasteiger partial charge in [0.25, 0.3) is 0 Å². The van der Waals surface area contributed by atoms with Crippen molar-refractivity contribution < 1.29 is 22.7 Å². The van der Waals surface area contributed by atoms with Crippen LogP contribution >= 0.6 is 11.6 Å². The lowest BCUT2D eigenvalue weighted by molar-refractivity contribution is -0.135. The van der Waals surface area contributed by atoms with E-state index >= 15 is 0 Å². The van der Waals surface area contributed by atoms with Crippen molar-refractivity contribution in [3.05, 3.63) is 40.9 Å². The third kappa shape index (κ3) is 6.18. The van der Waals surface area contributed by atoms with Gasteiger partial charge in [-0.25, -0.2) is 9.78 Å². The first-order chi connectivity index (χ1) is 11.8. The maximum absolute atomic E-state index is 12.2. The number of esters is 1. The van der Waals surface area contributed by atoms with Crippen molar-refractivity contribution in [3.8, 4) is 0 Å². The molecule has 0 amide bonds. The molecule has 0 radical (unpaired) electrons. The monoisotopic (exact) mass is 374 g/mol. The van der Waals surface area contributed by atoms with Crippen LogP contribution in [-0.2, 0) is 11.2 Å². The van der Waals surface area contributed by atoms with E-state index in [-0.39, 0.29) is 29.9 Å². The number of carbonyl (C=O) groups excluding carboxylic acids is 1. The maximum Gasteiger partial charge on any atom is 0.389 e. The lowest BCUT2D eigenvalue weighted by Gasteiger charge is -2.08. The van der Waals surface area contributed by atoms with Crippen LogP contribution in [0.1, 0.15) is 29.0 Å². The Labute approximate surface area is 146 Å². The smallest absolute Gasteiger partial charge is 0.389 e. The van der Waals surface area contributed by atoms with Crippen LogP contribution < -0.4 is 5.32 Å². The van der Waals surface area contributed by atoms with E-state index in [1.165, 1.54) is 7.11 Å². The van der Waals surface area contributed by atoms with Gasteiger partial charge in [0, 0.05) is 18.5 Å². The van der Waals surface area contributed by atoms with Crippen molar-refractivity contribution in [3.63, 3.8) is 0 Å². The number of rotatable bonds is 6. The van der Waals surface area contributed by atoms with Crippen LogP contribution in [0.3, 0.4) is 0 Å². The molecule has 0 aliphatic carbocycles. The average Bonchev–Trinajstić information content (AvgIpc) is 2.53. The second-order valence-electron chi connectivity index (χ2n) is 5.01. The molecule has 25 heavy (non-hydrogen) atoms. The Morgan fingerprint density at radius 3 is 2.48 bits per heavy atom. The molecular formula is C15H14ClF3N4O2. The molecule has 0 atom stereocenters. The van der Waals surface area contributed by atoms with Gasteiger partial charge in [-0.1, -0.05) is 0 Å². The zero-order valence-electron chi connectivity index (χ0n) is 13.1. The predicted octanol–water partition coefficient (Wildman–Crippen LogP) is 3.94. The van der Waals surface area contributed by atoms with Gasteiger partial charge in [0.15, 0.2) is 0 Å². The number of carbonyl (C=O) groups is 1. The van der Waals surface area contributed by atoms with Crippen molar-refractivity contribution in [1.29, 1.82) is 0 Å². The summed E-state index contributed by atoms with van der Waals surface area (Å²) in [5.41, 5.74) is 0.936. The highest BCUT2D eigenvalue weighted by atomic mass is 35.5. The van der Waals surface area contributed by atoms with E-state index < -0.39 is 18.6 Å². The van der Waals surface area contributed by atoms with Crippen LogP contribution in [0.2, 0.25) is 5.28 Å². The van der Waals surface area contributed by atoms with E-state index in [1.54, 1.807) is 24.3 Å². The third-order valence-corrected chi connectivity index (χ3v) is 3.25. The topological polar surface area (TPSA) is 77.0 Å². The van der Waals surface area contributed by atoms with Gasteiger partial charge < -0.3 is 10.1 Å². The van der Waals surface area contributed by atoms with Gasteiger partial charge in [-0.3, -0.25) is 0 Å². The fraction of sp³-hybridized carbons (Fsp3) is 0.333. The normalized spacial score (nSPS) is 11.2. The molecule has 1 heterocycles. The van der Waals surface area contributed by atoms with E-state index in [2.05, 4.69) is 25.0 Å². The van der Waals surface area contributed by atoms with Gasteiger partial charge in [-0.15, -0.1) is 0 Å². The summed E-state index contributed by atoms with van der Waals surface area (Å²) >= 11 is 5.79. The summed E-state index contributed by atoms with van der Waals surface area (Å²) in [6.45, 7) is 0. The Morgan fingerprint density at radius 1 is 1.20 bits per heavy atom. The molecule has 0 spiro atoms. The summed E-state index contributed by atoms with van der Waals surface area (Å²) in [4.78, 5) is 23.1. The molecule has 2 aromatic rings. The maximum atomic E-state index is 12.2. The van der Waals surface area contributed by atoms with Crippen molar-refractivity contribution in [2.45, 2.75) is 25.4 Å². The minimum absolute atomic E-state index is 0.0255. The first-order valence-corrected chi connectivity index (χ1v) is 7.57. The molecule has 0 saturated carbocycles. The molecule has 0 unspecified atom stereocenters. The Morgan fingerprint density at radius 2 is 1.88 bits per heavy atom. The molecule has 134 valence electrons. The number of methoxy groups -OCH3 is 1. The second-order valence-corrected chi connectivity index (χ2v) is 5.35. The minimum atomic E-state index is -4.22. The Balaban J connectivity index is 2.05. The summed E-state index contributed by atoms with van der Waals surface area (Å²) < 4.78 is 41.2. The van der Waals surface area contributed by atoms with Crippen LogP contribution in [0.5, 0.6) is 0 Å². The summed E-state index contributed by atoms with van der Waals surface area (Å²) in [6, 6.07) is 6.29. The van der Waals surface area contributed by atoms with Crippen LogP contribution in [0.25, 0.3) is 0 Å². The number of ether oxygens (including phenoxy) is 1. The number of alkyl halides is 3. The van der Waals surface area contributed by atoms with E-state index in [1.807, 2.05) is 0 Å². The van der Waals surface area contributed by atoms with Gasteiger partial charge >= 0.3 is 12.1 Å². The zero-order chi connectivity index (χ0) is 18.4. The van der Waals surface area contributed by atoms with Gasteiger partial charge in [-0.2, -0.15) is 23.1 Å². The average molecular weight is 375 g/mol. The molecule has 1 N–H and O–H groups in total. The number of anilines is 2. The van der Waals surface area contributed by atoms with E-state index in [0.29, 0.717) is 11.3 Å². The summed E-state index contributed by atoms with van der Waals surface area (Å²) in [7, 11) is 1.28. The lowest BCUT2D eigenvalue weighted by atomic mass is 10.2. The number of hydrogen-bond donors (Lipinski definition) is 1. The quantitative estimate of drug-likeness (QED) is 0.772. The highest BCUT2D eigenvalue weighted by Crippen LogP contribution is 2.22. The van der Waals surface area contributed by atoms with Crippen LogP contribution in [0, 0.1) is 0 Å². The van der Waals surface area contributed by atoms with Crippen LogP contribution in [0.15, 0.2) is 24.3 Å². The molecule has 0 aliphatic rings. The largest absolute Gasteiger partial charge is 0.465 e. The molecule has 0 aliphatic heterocycles. The molecular weight excluding hydrogens is 361 g/mol. The summed E-state index contributed by atoms with van der Waals surface area (Å²) in [6.07, 6.45) is -5.26. The van der Waals surface area contributed by atoms with Gasteiger partial charge in [0.05, 0.1) is 12.7 Å². The molecule has 0 bridgehead atoms. The number of aryl methyl sites for hydroxylation is 1. The van der Waals surface area contributed by atoms with Crippen molar-refractivity contribution in [2.24, 2.45) is 0 Å². The SMILES string of the molecule is COC(=O)c1ccc(Nc2nc(Cl)nc(CCCC(F)(F)F)n2)cc1. The van der Waals surface area contributed by atoms with Crippen molar-refractivity contribution in [2.75, 3.05) is 12.4 Å². The zero-order valence-corrected chi connectivity index (χ0v) is 13.9. The minimum Gasteiger partial charge on any atom is -0.465 e. The highest BCUT2D eigenvalue weighted by molar-refractivity contribution is 6.28. The molecule has 2 rings (SSSR count). The Hall–Kier alpha value is -2.42. The van der Waals surface area contributed by atoms with Crippen molar-refractivity contribution in [1.82, 2.24) is 15.0 Å². The summed E-state index contributed by atoms with van der Waals surface area (Å²) in [5, 5.41) is 2.74. The van der Waals surface area contributed by atoms with Crippen LogP contribution in [-0.4, -0.2) is 34.2 Å². The van der Waals surface area contributed by atoms with E-state index in [9.17, 15) is 18.0 Å². The van der Waals surface area contributed by atoms with E-state index in [4.69, 9.17) is 11.6 Å². The molecule has 0 saturated heterocycles. The molecule has 10 heteroatoms. The number of nitrogens with one attached hydrogen (secondary N) is 1. The molecule has 0 fully saturated rings. The number of aromatic nitrogens is 3. The fourth-order valence-electron chi connectivity index (χ4n) is 1.94. The van der Waals surface area contributed by atoms with Crippen molar-refractivity contribution >= 4 is 29.2 Å². The predicted molar refractivity (Wildman–Crippen MR) is 84.9 cm³/mol. The van der Waals surface area contributed by atoms with Gasteiger partial charge in [0.2, 0.25) is 11.2 Å². The number of hydrogen-bond acceptors (Lipinski definition) is 6. The standard InChI is InChI=1S/C15H14ClF3N4O2/c1-25-12(24)9-4-6-10(7-5-9)20-14-22-11(21-13(16)23-14)3-2-8-15(17,18)19/h4-7H,2-3,8H2,1H3,(H,20,21,22,23). The molecule has 1 aromatic carbocycles. The molecule has 6 nitrogen and oxygen atoms in total. The van der Waals surface area contributed by atoms with Gasteiger partial charge in [-0.05, 0) is 42.3 Å². The van der Waals surface area contributed by atoms with E-state index in [0.717, 1.165) is 0 Å². The highest BCUT2D eigenvalue weighted by Gasteiger charge is 2.26. The third-order valence-electron chi connectivity index (χ3n) is 3.08. The van der Waals surface area contributed by atoms with Gasteiger partial charge in [0.1, 0.15) is 5.82 Å². The Bertz CT molecular complexity index is 739. The fourth-order valence-corrected chi connectivity index (χ4v) is 2.12. The van der Waals surface area contributed by atoms with Crippen LogP contribution in [0.4, 0.5) is 24.8 Å². The Kier molecular flexibility index (Phi) is 6.13. The number of halogens is 4. The second kappa shape index (κ2) is 8.11. The number of nitrogens with zero attached hydrogens (tertiary/aromatic N) is 3. The molecule has 1 aromatic heterocycles. The lowest BCUT2D eigenvalue weighted by Crippen LogP contribution is -2.09.